The number of carbonyl (C=O) groups excluding carboxylic acids is 4. The third-order valence-electron chi connectivity index (χ3n) is 5.03. The van der Waals surface area contributed by atoms with Crippen molar-refractivity contribution in [1.82, 2.24) is 10.4 Å². The second kappa shape index (κ2) is 10.4. The summed E-state index contributed by atoms with van der Waals surface area (Å²) in [6.07, 6.45) is 0.691. The van der Waals surface area contributed by atoms with Crippen molar-refractivity contribution in [2.24, 2.45) is 5.92 Å². The molecule has 33 heavy (non-hydrogen) atoms. The minimum Gasteiger partial charge on any atom is -0.455 e. The van der Waals surface area contributed by atoms with Crippen LogP contribution in [-0.4, -0.2) is 46.8 Å². The van der Waals surface area contributed by atoms with Crippen molar-refractivity contribution in [3.05, 3.63) is 69.8 Å². The summed E-state index contributed by atoms with van der Waals surface area (Å²) >= 11 is 0. The monoisotopic (exact) mass is 454 g/mol. The predicted molar refractivity (Wildman–Crippen MR) is 116 cm³/mol. The first-order valence-electron chi connectivity index (χ1n) is 10.2. The summed E-state index contributed by atoms with van der Waals surface area (Å²) in [7, 11) is 0. The molecule has 11 heteroatoms. The minimum absolute atomic E-state index is 0.114. The van der Waals surface area contributed by atoms with Gasteiger partial charge >= 0.3 is 5.97 Å². The van der Waals surface area contributed by atoms with Crippen molar-refractivity contribution < 1.29 is 28.8 Å². The lowest BCUT2D eigenvalue weighted by Crippen LogP contribution is -2.43. The molecule has 1 aliphatic rings. The van der Waals surface area contributed by atoms with Crippen molar-refractivity contribution in [1.29, 1.82) is 0 Å². The van der Waals surface area contributed by atoms with E-state index in [1.807, 2.05) is 19.1 Å². The number of hydrazine groups is 1. The summed E-state index contributed by atoms with van der Waals surface area (Å²) in [6.45, 7) is 1.40. The summed E-state index contributed by atoms with van der Waals surface area (Å²) in [5.74, 6) is -3.23. The third-order valence-corrected chi connectivity index (χ3v) is 5.03. The first-order chi connectivity index (χ1) is 15.8. The van der Waals surface area contributed by atoms with Crippen LogP contribution in [0, 0.1) is 16.0 Å². The van der Waals surface area contributed by atoms with Gasteiger partial charge in [-0.1, -0.05) is 19.1 Å². The number of nitro groups is 1. The molecule has 2 N–H and O–H groups in total. The number of carbonyl (C=O) groups is 4. The van der Waals surface area contributed by atoms with Gasteiger partial charge in [0.2, 0.25) is 5.91 Å². The number of benzene rings is 2. The van der Waals surface area contributed by atoms with E-state index < -0.39 is 41.1 Å². The maximum absolute atomic E-state index is 12.3. The molecule has 1 heterocycles. The number of rotatable bonds is 8. The van der Waals surface area contributed by atoms with E-state index >= 15 is 0 Å². The third kappa shape index (κ3) is 6.12. The molecule has 11 nitrogen and oxygen atoms in total. The number of non-ortho nitro benzene ring substituents is 1. The number of hydrogen-bond acceptors (Lipinski definition) is 7. The Morgan fingerprint density at radius 1 is 1.12 bits per heavy atom. The molecular formula is C22H22N4O7. The second-order valence-electron chi connectivity index (χ2n) is 7.36. The number of nitrogens with one attached hydrogen (secondary N) is 2. The SMILES string of the molecule is CCc1ccc(NC(=O)COC(=O)[C@H]2CC(=O)N(NC(=O)c3ccc([N+](=O)[O-])cc3)C2)cc1. The van der Waals surface area contributed by atoms with Gasteiger partial charge in [-0.3, -0.25) is 39.7 Å². The number of anilines is 1. The maximum atomic E-state index is 12.3. The fourth-order valence-corrected chi connectivity index (χ4v) is 3.17. The second-order valence-corrected chi connectivity index (χ2v) is 7.36. The molecule has 3 rings (SSSR count). The average Bonchev–Trinajstić information content (AvgIpc) is 3.18. The lowest BCUT2D eigenvalue weighted by atomic mass is 10.1. The molecule has 1 saturated heterocycles. The molecule has 0 bridgehead atoms. The first kappa shape index (κ1) is 23.4. The summed E-state index contributed by atoms with van der Waals surface area (Å²) in [4.78, 5) is 58.9. The number of nitro benzene ring substituents is 1. The zero-order valence-corrected chi connectivity index (χ0v) is 17.8. The van der Waals surface area contributed by atoms with Gasteiger partial charge in [0, 0.05) is 29.8 Å². The van der Waals surface area contributed by atoms with E-state index in [4.69, 9.17) is 4.74 Å². The highest BCUT2D eigenvalue weighted by Crippen LogP contribution is 2.19. The number of aryl methyl sites for hydroxylation is 1. The van der Waals surface area contributed by atoms with E-state index in [0.29, 0.717) is 5.69 Å². The van der Waals surface area contributed by atoms with Crippen LogP contribution in [-0.2, 0) is 25.5 Å². The van der Waals surface area contributed by atoms with Gasteiger partial charge in [-0.05, 0) is 36.2 Å². The van der Waals surface area contributed by atoms with Gasteiger partial charge in [0.05, 0.1) is 17.4 Å². The van der Waals surface area contributed by atoms with Gasteiger partial charge in [-0.15, -0.1) is 0 Å². The molecule has 0 aliphatic carbocycles. The highest BCUT2D eigenvalue weighted by Gasteiger charge is 2.36. The van der Waals surface area contributed by atoms with Crippen LogP contribution in [0.25, 0.3) is 0 Å². The largest absolute Gasteiger partial charge is 0.455 e. The van der Waals surface area contributed by atoms with Crippen LogP contribution in [0.4, 0.5) is 11.4 Å². The van der Waals surface area contributed by atoms with Crippen LogP contribution in [0.15, 0.2) is 48.5 Å². The quantitative estimate of drug-likeness (QED) is 0.351. The minimum atomic E-state index is -0.841. The van der Waals surface area contributed by atoms with Crippen molar-refractivity contribution in [3.8, 4) is 0 Å². The number of amides is 3. The van der Waals surface area contributed by atoms with Crippen LogP contribution in [0.3, 0.4) is 0 Å². The fourth-order valence-electron chi connectivity index (χ4n) is 3.17. The molecule has 0 radical (unpaired) electrons. The Morgan fingerprint density at radius 2 is 1.79 bits per heavy atom. The van der Waals surface area contributed by atoms with Gasteiger partial charge < -0.3 is 10.1 Å². The van der Waals surface area contributed by atoms with Crippen LogP contribution in [0.2, 0.25) is 0 Å². The Kier molecular flexibility index (Phi) is 7.34. The molecule has 1 atom stereocenters. The molecule has 2 aromatic carbocycles. The number of nitrogens with zero attached hydrogens (tertiary/aromatic N) is 2. The molecule has 0 saturated carbocycles. The lowest BCUT2D eigenvalue weighted by Gasteiger charge is -2.17. The Morgan fingerprint density at radius 3 is 2.39 bits per heavy atom. The van der Waals surface area contributed by atoms with Crippen LogP contribution < -0.4 is 10.7 Å². The fraction of sp³-hybridized carbons (Fsp3) is 0.273. The molecule has 1 fully saturated rings. The van der Waals surface area contributed by atoms with Gasteiger partial charge in [0.25, 0.3) is 17.5 Å². The first-order valence-corrected chi connectivity index (χ1v) is 10.2. The van der Waals surface area contributed by atoms with E-state index in [1.54, 1.807) is 12.1 Å². The summed E-state index contributed by atoms with van der Waals surface area (Å²) in [5, 5.41) is 14.3. The number of esters is 1. The van der Waals surface area contributed by atoms with Crippen LogP contribution in [0.1, 0.15) is 29.3 Å². The normalized spacial score (nSPS) is 15.1. The number of ether oxygens (including phenoxy) is 1. The van der Waals surface area contributed by atoms with E-state index in [0.717, 1.165) is 17.0 Å². The average molecular weight is 454 g/mol. The van der Waals surface area contributed by atoms with Crippen molar-refractivity contribution >= 4 is 35.1 Å². The van der Waals surface area contributed by atoms with Crippen molar-refractivity contribution in [2.75, 3.05) is 18.5 Å². The zero-order valence-electron chi connectivity index (χ0n) is 17.8. The smallest absolute Gasteiger partial charge is 0.311 e. The summed E-state index contributed by atoms with van der Waals surface area (Å²) in [6, 6.07) is 12.1. The highest BCUT2D eigenvalue weighted by atomic mass is 16.6. The standard InChI is InChI=1S/C22H22N4O7/c1-2-14-3-7-17(8-4-14)23-19(27)13-33-22(30)16-11-20(28)25(12-16)24-21(29)15-5-9-18(10-6-15)26(31)32/h3-10,16H,2,11-13H2,1H3,(H,23,27)(H,24,29)/t16-/m0/s1. The molecular weight excluding hydrogens is 432 g/mol. The zero-order chi connectivity index (χ0) is 24.0. The van der Waals surface area contributed by atoms with E-state index in [1.165, 1.54) is 24.3 Å². The van der Waals surface area contributed by atoms with E-state index in [9.17, 15) is 29.3 Å². The van der Waals surface area contributed by atoms with Crippen molar-refractivity contribution in [3.63, 3.8) is 0 Å². The van der Waals surface area contributed by atoms with E-state index in [-0.39, 0.29) is 24.2 Å². The highest BCUT2D eigenvalue weighted by molar-refractivity contribution is 5.97. The Balaban J connectivity index is 1.47. The molecule has 2 aromatic rings. The molecule has 1 aliphatic heterocycles. The Bertz CT molecular complexity index is 1070. The predicted octanol–water partition coefficient (Wildman–Crippen LogP) is 1.83. The Hall–Kier alpha value is -4.28. The van der Waals surface area contributed by atoms with E-state index in [2.05, 4.69) is 10.7 Å². The van der Waals surface area contributed by atoms with Crippen LogP contribution >= 0.6 is 0 Å². The number of hydrogen-bond donors (Lipinski definition) is 2. The van der Waals surface area contributed by atoms with Gasteiger partial charge in [-0.2, -0.15) is 0 Å². The van der Waals surface area contributed by atoms with Gasteiger partial charge in [-0.25, -0.2) is 0 Å². The summed E-state index contributed by atoms with van der Waals surface area (Å²) < 4.78 is 5.02. The molecule has 3 amide bonds. The van der Waals surface area contributed by atoms with Crippen LogP contribution in [0.5, 0.6) is 0 Å². The van der Waals surface area contributed by atoms with Gasteiger partial charge in [0.1, 0.15) is 0 Å². The maximum Gasteiger partial charge on any atom is 0.311 e. The topological polar surface area (TPSA) is 148 Å². The Labute approximate surface area is 188 Å². The lowest BCUT2D eigenvalue weighted by molar-refractivity contribution is -0.384. The molecule has 172 valence electrons. The van der Waals surface area contributed by atoms with Crippen molar-refractivity contribution in [2.45, 2.75) is 19.8 Å². The van der Waals surface area contributed by atoms with Gasteiger partial charge in [0.15, 0.2) is 6.61 Å². The summed E-state index contributed by atoms with van der Waals surface area (Å²) in [5.41, 5.74) is 4.01. The molecule has 0 unspecified atom stereocenters. The molecule has 0 aromatic heterocycles. The molecule has 0 spiro atoms.